The lowest BCUT2D eigenvalue weighted by atomic mass is 10.1. The lowest BCUT2D eigenvalue weighted by Crippen LogP contribution is -2.34. The number of nitrogens with zero attached hydrogens (tertiary/aromatic N) is 1. The zero-order valence-electron chi connectivity index (χ0n) is 11.4. The second-order valence-electron chi connectivity index (χ2n) is 4.34. The number of ether oxygens (including phenoxy) is 1. The Kier molecular flexibility index (Phi) is 15.9. The minimum absolute atomic E-state index is 0. The maximum atomic E-state index is 5.66. The Morgan fingerprint density at radius 3 is 2.65 bits per heavy atom. The summed E-state index contributed by atoms with van der Waals surface area (Å²) in [5.41, 5.74) is 5.66. The minimum Gasteiger partial charge on any atom is -0.380 e. The number of nitrogens with two attached hydrogens (primary N) is 1. The number of rotatable bonds is 9. The highest BCUT2D eigenvalue weighted by atomic mass is 127. The van der Waals surface area contributed by atoms with E-state index in [4.69, 9.17) is 10.5 Å². The molecule has 0 aromatic heterocycles. The van der Waals surface area contributed by atoms with E-state index in [1.807, 2.05) is 0 Å². The Morgan fingerprint density at radius 2 is 2.06 bits per heavy atom. The topological polar surface area (TPSA) is 59.6 Å². The van der Waals surface area contributed by atoms with Gasteiger partial charge in [-0.05, 0) is 18.8 Å². The van der Waals surface area contributed by atoms with Crippen molar-refractivity contribution in [1.29, 1.82) is 0 Å². The van der Waals surface area contributed by atoms with E-state index in [2.05, 4.69) is 31.1 Å². The van der Waals surface area contributed by atoms with Gasteiger partial charge < -0.3 is 15.8 Å². The Bertz CT molecular complexity index is 187. The van der Waals surface area contributed by atoms with Crippen molar-refractivity contribution < 1.29 is 4.74 Å². The maximum Gasteiger partial charge on any atom is 0.188 e. The molecule has 0 aromatic rings. The first-order valence-electron chi connectivity index (χ1n) is 6.28. The molecule has 4 nitrogen and oxygen atoms in total. The molecule has 0 aliphatic rings. The average Bonchev–Trinajstić information content (AvgIpc) is 2.23. The lowest BCUT2D eigenvalue weighted by Gasteiger charge is -2.08. The van der Waals surface area contributed by atoms with Gasteiger partial charge in [-0.2, -0.15) is 0 Å². The van der Waals surface area contributed by atoms with Gasteiger partial charge in [0.2, 0.25) is 0 Å². The van der Waals surface area contributed by atoms with E-state index in [0.29, 0.717) is 18.5 Å². The van der Waals surface area contributed by atoms with Crippen LogP contribution in [0.3, 0.4) is 0 Å². The molecule has 0 aliphatic heterocycles. The van der Waals surface area contributed by atoms with Crippen LogP contribution in [0.25, 0.3) is 0 Å². The van der Waals surface area contributed by atoms with Crippen LogP contribution in [0.1, 0.15) is 40.0 Å². The summed E-state index contributed by atoms with van der Waals surface area (Å²) < 4.78 is 5.45. The molecular formula is C12H28IN3O. The van der Waals surface area contributed by atoms with Gasteiger partial charge in [0, 0.05) is 19.7 Å². The highest BCUT2D eigenvalue weighted by Crippen LogP contribution is 1.98. The summed E-state index contributed by atoms with van der Waals surface area (Å²) >= 11 is 0. The summed E-state index contributed by atoms with van der Waals surface area (Å²) in [6.07, 6.45) is 3.35. The first-order chi connectivity index (χ1) is 7.66. The Balaban J connectivity index is 0. The molecule has 0 rings (SSSR count). The molecule has 0 amide bonds. The number of hydrogen-bond acceptors (Lipinski definition) is 2. The van der Waals surface area contributed by atoms with Crippen LogP contribution in [0.15, 0.2) is 4.99 Å². The van der Waals surface area contributed by atoms with Gasteiger partial charge in [0.25, 0.3) is 0 Å². The van der Waals surface area contributed by atoms with E-state index in [9.17, 15) is 0 Å². The van der Waals surface area contributed by atoms with Gasteiger partial charge in [-0.3, -0.25) is 4.99 Å². The van der Waals surface area contributed by atoms with E-state index < -0.39 is 0 Å². The van der Waals surface area contributed by atoms with Gasteiger partial charge in [-0.1, -0.05) is 27.2 Å². The van der Waals surface area contributed by atoms with Crippen molar-refractivity contribution in [2.45, 2.75) is 40.0 Å². The molecule has 5 heteroatoms. The van der Waals surface area contributed by atoms with Gasteiger partial charge in [-0.15, -0.1) is 24.0 Å². The monoisotopic (exact) mass is 357 g/mol. The summed E-state index contributed by atoms with van der Waals surface area (Å²) in [7, 11) is 0. The van der Waals surface area contributed by atoms with Crippen molar-refractivity contribution in [3.05, 3.63) is 0 Å². The maximum absolute atomic E-state index is 5.66. The zero-order valence-corrected chi connectivity index (χ0v) is 13.7. The molecule has 17 heavy (non-hydrogen) atoms. The van der Waals surface area contributed by atoms with Crippen molar-refractivity contribution in [2.75, 3.05) is 26.3 Å². The SMILES string of the molecule is CCCCN=C(N)NCCOCCC(C)C.I. The summed E-state index contributed by atoms with van der Waals surface area (Å²) in [5.74, 6) is 1.23. The van der Waals surface area contributed by atoms with Crippen molar-refractivity contribution in [2.24, 2.45) is 16.6 Å². The van der Waals surface area contributed by atoms with E-state index >= 15 is 0 Å². The third-order valence-electron chi connectivity index (χ3n) is 2.19. The third-order valence-corrected chi connectivity index (χ3v) is 2.19. The molecule has 104 valence electrons. The predicted molar refractivity (Wildman–Crippen MR) is 85.1 cm³/mol. The molecule has 0 radical (unpaired) electrons. The van der Waals surface area contributed by atoms with Crippen LogP contribution in [0.2, 0.25) is 0 Å². The normalized spacial score (nSPS) is 11.4. The largest absolute Gasteiger partial charge is 0.380 e. The molecule has 0 unspecified atom stereocenters. The fourth-order valence-corrected chi connectivity index (χ4v) is 1.09. The average molecular weight is 357 g/mol. The lowest BCUT2D eigenvalue weighted by molar-refractivity contribution is 0.128. The number of nitrogens with one attached hydrogen (secondary N) is 1. The van der Waals surface area contributed by atoms with E-state index in [1.165, 1.54) is 0 Å². The fourth-order valence-electron chi connectivity index (χ4n) is 1.09. The zero-order chi connectivity index (χ0) is 12.2. The van der Waals surface area contributed by atoms with E-state index in [1.54, 1.807) is 0 Å². The summed E-state index contributed by atoms with van der Waals surface area (Å²) in [6, 6.07) is 0. The number of guanidine groups is 1. The van der Waals surface area contributed by atoms with Crippen LogP contribution in [-0.2, 0) is 4.74 Å². The van der Waals surface area contributed by atoms with Crippen molar-refractivity contribution in [1.82, 2.24) is 5.32 Å². The third kappa shape index (κ3) is 16.0. The van der Waals surface area contributed by atoms with Crippen LogP contribution >= 0.6 is 24.0 Å². The standard InChI is InChI=1S/C12H27N3O.HI/c1-4-5-7-14-12(13)15-8-10-16-9-6-11(2)3;/h11H,4-10H2,1-3H3,(H3,13,14,15);1H. The smallest absolute Gasteiger partial charge is 0.188 e. The first kappa shape index (κ1) is 19.3. The van der Waals surface area contributed by atoms with Crippen LogP contribution in [0, 0.1) is 5.92 Å². The summed E-state index contributed by atoms with van der Waals surface area (Å²) in [4.78, 5) is 4.19. The first-order valence-corrected chi connectivity index (χ1v) is 6.28. The highest BCUT2D eigenvalue weighted by Gasteiger charge is 1.94. The minimum atomic E-state index is 0. The molecule has 0 heterocycles. The van der Waals surface area contributed by atoms with E-state index in [0.717, 1.165) is 39.0 Å². The highest BCUT2D eigenvalue weighted by molar-refractivity contribution is 14.0. The Morgan fingerprint density at radius 1 is 1.35 bits per heavy atom. The molecule has 0 bridgehead atoms. The quantitative estimate of drug-likeness (QED) is 0.288. The Hall–Kier alpha value is -0.0400. The van der Waals surface area contributed by atoms with Crippen LogP contribution in [-0.4, -0.2) is 32.3 Å². The molecule has 0 saturated carbocycles. The summed E-state index contributed by atoms with van der Waals surface area (Å²) in [6.45, 7) is 9.59. The number of hydrogen-bond donors (Lipinski definition) is 2. The second-order valence-corrected chi connectivity index (χ2v) is 4.34. The van der Waals surface area contributed by atoms with Gasteiger partial charge in [0.15, 0.2) is 5.96 Å². The molecule has 0 atom stereocenters. The van der Waals surface area contributed by atoms with Crippen LogP contribution in [0.4, 0.5) is 0 Å². The molecule has 0 fully saturated rings. The molecule has 0 saturated heterocycles. The predicted octanol–water partition coefficient (Wildman–Crippen LogP) is 2.37. The fraction of sp³-hybridized carbons (Fsp3) is 0.917. The molecule has 3 N–H and O–H groups in total. The van der Waals surface area contributed by atoms with E-state index in [-0.39, 0.29) is 24.0 Å². The number of halogens is 1. The van der Waals surface area contributed by atoms with Crippen molar-refractivity contribution in [3.8, 4) is 0 Å². The molecule has 0 aromatic carbocycles. The van der Waals surface area contributed by atoms with Crippen molar-refractivity contribution in [3.63, 3.8) is 0 Å². The molecular weight excluding hydrogens is 329 g/mol. The van der Waals surface area contributed by atoms with Crippen LogP contribution < -0.4 is 11.1 Å². The molecule has 0 spiro atoms. The summed E-state index contributed by atoms with van der Waals surface area (Å²) in [5, 5.41) is 3.03. The molecule has 0 aliphatic carbocycles. The number of aliphatic imine (C=N–C) groups is 1. The van der Waals surface area contributed by atoms with Gasteiger partial charge in [0.1, 0.15) is 0 Å². The van der Waals surface area contributed by atoms with Crippen molar-refractivity contribution >= 4 is 29.9 Å². The van der Waals surface area contributed by atoms with Crippen LogP contribution in [0.5, 0.6) is 0 Å². The second kappa shape index (κ2) is 14.0. The van der Waals surface area contributed by atoms with Gasteiger partial charge in [0.05, 0.1) is 6.61 Å². The number of unbranched alkanes of at least 4 members (excludes halogenated alkanes) is 1. The van der Waals surface area contributed by atoms with Gasteiger partial charge >= 0.3 is 0 Å². The Labute approximate surface area is 123 Å². The van der Waals surface area contributed by atoms with Gasteiger partial charge in [-0.25, -0.2) is 0 Å².